The number of nitrogen functional groups attached to an aromatic ring is 1. The Hall–Kier alpha value is -1.34. The maximum atomic E-state index is 11.9. The molecule has 0 saturated carbocycles. The van der Waals surface area contributed by atoms with Crippen molar-refractivity contribution in [1.82, 2.24) is 9.29 Å². The highest BCUT2D eigenvalue weighted by molar-refractivity contribution is 7.90. The van der Waals surface area contributed by atoms with E-state index in [1.54, 1.807) is 6.07 Å². The molecule has 0 amide bonds. The minimum absolute atomic E-state index is 0.324. The van der Waals surface area contributed by atoms with Gasteiger partial charge in [-0.2, -0.15) is 12.7 Å². The van der Waals surface area contributed by atoms with E-state index in [2.05, 4.69) is 9.71 Å². The van der Waals surface area contributed by atoms with Crippen LogP contribution in [0.25, 0.3) is 0 Å². The van der Waals surface area contributed by atoms with E-state index in [1.165, 1.54) is 16.7 Å². The van der Waals surface area contributed by atoms with Crippen molar-refractivity contribution >= 4 is 21.6 Å². The molecule has 0 atom stereocenters. The summed E-state index contributed by atoms with van der Waals surface area (Å²) in [5.41, 5.74) is 6.32. The highest BCUT2D eigenvalue weighted by Gasteiger charge is 2.25. The smallest absolute Gasteiger partial charge is 0.301 e. The molecular weight excluding hydrogens is 228 g/mol. The van der Waals surface area contributed by atoms with Gasteiger partial charge in [-0.25, -0.2) is 0 Å². The van der Waals surface area contributed by atoms with Gasteiger partial charge in [-0.1, -0.05) is 0 Å². The van der Waals surface area contributed by atoms with Gasteiger partial charge in [0.15, 0.2) is 0 Å². The van der Waals surface area contributed by atoms with Crippen molar-refractivity contribution in [3.8, 4) is 0 Å². The average Bonchev–Trinajstić information content (AvgIpc) is 2.75. The van der Waals surface area contributed by atoms with Gasteiger partial charge in [0.05, 0.1) is 17.6 Å². The Labute approximate surface area is 94.7 Å². The van der Waals surface area contributed by atoms with E-state index < -0.39 is 10.2 Å². The lowest BCUT2D eigenvalue weighted by Crippen LogP contribution is -2.33. The molecule has 0 unspecified atom stereocenters. The molecule has 1 fully saturated rings. The van der Waals surface area contributed by atoms with Crippen molar-refractivity contribution in [2.75, 3.05) is 23.5 Å². The van der Waals surface area contributed by atoms with E-state index >= 15 is 0 Å². The lowest BCUT2D eigenvalue weighted by Gasteiger charge is -2.17. The van der Waals surface area contributed by atoms with E-state index in [9.17, 15) is 8.42 Å². The van der Waals surface area contributed by atoms with E-state index in [-0.39, 0.29) is 0 Å². The third-order valence-electron chi connectivity index (χ3n) is 2.50. The second-order valence-electron chi connectivity index (χ2n) is 3.68. The summed E-state index contributed by atoms with van der Waals surface area (Å²) in [6, 6.07) is 1.54. The number of hydrogen-bond acceptors (Lipinski definition) is 4. The minimum atomic E-state index is -3.46. The van der Waals surface area contributed by atoms with Gasteiger partial charge in [0, 0.05) is 19.3 Å². The van der Waals surface area contributed by atoms with Crippen LogP contribution in [0.5, 0.6) is 0 Å². The van der Waals surface area contributed by atoms with Crippen LogP contribution in [0.2, 0.25) is 0 Å². The predicted molar refractivity (Wildman–Crippen MR) is 62.0 cm³/mol. The van der Waals surface area contributed by atoms with Crippen molar-refractivity contribution in [1.29, 1.82) is 0 Å². The molecule has 16 heavy (non-hydrogen) atoms. The second kappa shape index (κ2) is 4.26. The molecule has 1 aliphatic rings. The van der Waals surface area contributed by atoms with E-state index in [1.807, 2.05) is 0 Å². The number of nitrogens with two attached hydrogens (primary N) is 1. The number of nitrogens with one attached hydrogen (secondary N) is 1. The molecule has 0 radical (unpaired) electrons. The van der Waals surface area contributed by atoms with Gasteiger partial charge in [0.25, 0.3) is 0 Å². The number of pyridine rings is 1. The molecule has 0 aromatic carbocycles. The Morgan fingerprint density at radius 1 is 1.38 bits per heavy atom. The summed E-state index contributed by atoms with van der Waals surface area (Å²) in [7, 11) is -3.46. The summed E-state index contributed by atoms with van der Waals surface area (Å²) in [6.07, 6.45) is 4.74. The zero-order valence-corrected chi connectivity index (χ0v) is 9.57. The van der Waals surface area contributed by atoms with Crippen LogP contribution in [-0.4, -0.2) is 30.8 Å². The molecule has 1 aromatic heterocycles. The molecule has 2 rings (SSSR count). The summed E-state index contributed by atoms with van der Waals surface area (Å²) < 4.78 is 27.7. The summed E-state index contributed by atoms with van der Waals surface area (Å²) in [5, 5.41) is 0. The van der Waals surface area contributed by atoms with Gasteiger partial charge in [0.2, 0.25) is 0 Å². The molecule has 1 saturated heterocycles. The molecule has 0 bridgehead atoms. The lowest BCUT2D eigenvalue weighted by atomic mass is 10.4. The fourth-order valence-corrected chi connectivity index (χ4v) is 2.96. The van der Waals surface area contributed by atoms with Crippen LogP contribution in [0.3, 0.4) is 0 Å². The Morgan fingerprint density at radius 2 is 2.06 bits per heavy atom. The summed E-state index contributed by atoms with van der Waals surface area (Å²) in [5.74, 6) is 0. The SMILES string of the molecule is Nc1cnccc1NS(=O)(=O)N1CCCC1. The first-order chi connectivity index (χ1) is 7.59. The highest BCUT2D eigenvalue weighted by atomic mass is 32.2. The Bertz CT molecular complexity index is 468. The zero-order valence-electron chi connectivity index (χ0n) is 8.76. The third-order valence-corrected chi connectivity index (χ3v) is 4.02. The maximum Gasteiger partial charge on any atom is 0.301 e. The Balaban J connectivity index is 2.18. The molecule has 6 nitrogen and oxygen atoms in total. The van der Waals surface area contributed by atoms with Gasteiger partial charge in [-0.15, -0.1) is 0 Å². The largest absolute Gasteiger partial charge is 0.396 e. The van der Waals surface area contributed by atoms with E-state index in [4.69, 9.17) is 5.73 Å². The standard InChI is InChI=1S/C9H14N4O2S/c10-8-7-11-4-3-9(8)12-16(14,15)13-5-1-2-6-13/h3-4,7H,1-2,5-6,10H2,(H,11,12). The van der Waals surface area contributed by atoms with Gasteiger partial charge < -0.3 is 5.73 Å². The van der Waals surface area contributed by atoms with Crippen molar-refractivity contribution in [3.05, 3.63) is 18.5 Å². The number of nitrogens with zero attached hydrogens (tertiary/aromatic N) is 2. The summed E-state index contributed by atoms with van der Waals surface area (Å²) in [6.45, 7) is 1.14. The lowest BCUT2D eigenvalue weighted by molar-refractivity contribution is 0.482. The first kappa shape index (κ1) is 11.2. The van der Waals surface area contributed by atoms with E-state index in [0.717, 1.165) is 12.8 Å². The van der Waals surface area contributed by atoms with Crippen molar-refractivity contribution in [2.45, 2.75) is 12.8 Å². The van der Waals surface area contributed by atoms with Gasteiger partial charge in [-0.05, 0) is 18.9 Å². The highest BCUT2D eigenvalue weighted by Crippen LogP contribution is 2.20. The van der Waals surface area contributed by atoms with Crippen LogP contribution in [0.1, 0.15) is 12.8 Å². The monoisotopic (exact) mass is 242 g/mol. The number of rotatable bonds is 3. The summed E-state index contributed by atoms with van der Waals surface area (Å²) >= 11 is 0. The molecular formula is C9H14N4O2S. The molecule has 0 aliphatic carbocycles. The second-order valence-corrected chi connectivity index (χ2v) is 5.35. The predicted octanol–water partition coefficient (Wildman–Crippen LogP) is 0.416. The topological polar surface area (TPSA) is 88.3 Å². The zero-order chi connectivity index (χ0) is 11.6. The quantitative estimate of drug-likeness (QED) is 0.803. The van der Waals surface area contributed by atoms with Gasteiger partial charge >= 0.3 is 10.2 Å². The van der Waals surface area contributed by atoms with Crippen molar-refractivity contribution < 1.29 is 8.42 Å². The molecule has 0 spiro atoms. The molecule has 3 N–H and O–H groups in total. The molecule has 2 heterocycles. The molecule has 1 aromatic rings. The van der Waals surface area contributed by atoms with Gasteiger partial charge in [-0.3, -0.25) is 9.71 Å². The first-order valence-corrected chi connectivity index (χ1v) is 6.51. The Kier molecular flexibility index (Phi) is 2.97. The van der Waals surface area contributed by atoms with E-state index in [0.29, 0.717) is 24.5 Å². The summed E-state index contributed by atoms with van der Waals surface area (Å²) in [4.78, 5) is 3.80. The van der Waals surface area contributed by atoms with Crippen molar-refractivity contribution in [3.63, 3.8) is 0 Å². The number of anilines is 2. The molecule has 1 aliphatic heterocycles. The van der Waals surface area contributed by atoms with Crippen LogP contribution in [0.15, 0.2) is 18.5 Å². The van der Waals surface area contributed by atoms with Gasteiger partial charge in [0.1, 0.15) is 0 Å². The van der Waals surface area contributed by atoms with Crippen LogP contribution >= 0.6 is 0 Å². The van der Waals surface area contributed by atoms with Crippen LogP contribution < -0.4 is 10.5 Å². The minimum Gasteiger partial charge on any atom is -0.396 e. The first-order valence-electron chi connectivity index (χ1n) is 5.07. The fraction of sp³-hybridized carbons (Fsp3) is 0.444. The van der Waals surface area contributed by atoms with Crippen molar-refractivity contribution in [2.24, 2.45) is 0 Å². The fourth-order valence-electron chi connectivity index (χ4n) is 1.63. The maximum absolute atomic E-state index is 11.9. The average molecular weight is 242 g/mol. The van der Waals surface area contributed by atoms with Crippen LogP contribution in [0, 0.1) is 0 Å². The third kappa shape index (κ3) is 2.25. The number of hydrogen-bond donors (Lipinski definition) is 2. The number of aromatic nitrogens is 1. The van der Waals surface area contributed by atoms with Crippen LogP contribution in [0.4, 0.5) is 11.4 Å². The van der Waals surface area contributed by atoms with Crippen LogP contribution in [-0.2, 0) is 10.2 Å². The molecule has 88 valence electrons. The normalized spacial score (nSPS) is 17.5. The molecule has 7 heteroatoms. The Morgan fingerprint density at radius 3 is 2.69 bits per heavy atom.